The Kier molecular flexibility index (Phi) is 3.97. The molecule has 0 saturated heterocycles. The normalized spacial score (nSPS) is 12.1. The van der Waals surface area contributed by atoms with Gasteiger partial charge >= 0.3 is 0 Å². The third kappa shape index (κ3) is 3.17. The van der Waals surface area contributed by atoms with Crippen LogP contribution in [0.4, 0.5) is 5.69 Å². The summed E-state index contributed by atoms with van der Waals surface area (Å²) >= 11 is 6.14. The van der Waals surface area contributed by atoms with Gasteiger partial charge in [0.15, 0.2) is 4.34 Å². The van der Waals surface area contributed by atoms with Gasteiger partial charge in [-0.15, -0.1) is 11.3 Å². The van der Waals surface area contributed by atoms with Gasteiger partial charge < -0.3 is 0 Å². The van der Waals surface area contributed by atoms with Crippen LogP contribution < -0.4 is 4.72 Å². The van der Waals surface area contributed by atoms with Crippen LogP contribution in [0.2, 0.25) is 4.34 Å². The fraction of sp³-hybridized carbons (Fsp3) is 0.375. The molecule has 18 heavy (non-hydrogen) atoms. The van der Waals surface area contributed by atoms with E-state index in [1.54, 1.807) is 6.07 Å². The van der Waals surface area contributed by atoms with Crippen LogP contribution in [0, 0.1) is 21.4 Å². The van der Waals surface area contributed by atoms with Crippen LogP contribution in [-0.4, -0.2) is 18.9 Å². The lowest BCUT2D eigenvalue weighted by atomic mass is 10.1. The molecular weight excluding hydrogens is 302 g/mol. The van der Waals surface area contributed by atoms with Gasteiger partial charge in [0.1, 0.15) is 9.75 Å². The van der Waals surface area contributed by atoms with Crippen LogP contribution in [0.1, 0.15) is 13.8 Å². The van der Waals surface area contributed by atoms with Gasteiger partial charge in [-0.3, -0.25) is 10.1 Å². The number of hydrogen-bond acceptors (Lipinski definition) is 6. The molecule has 98 valence electrons. The zero-order chi connectivity index (χ0) is 14.1. The van der Waals surface area contributed by atoms with Gasteiger partial charge in [0.25, 0.3) is 15.7 Å². The third-order valence-electron chi connectivity index (χ3n) is 1.78. The van der Waals surface area contributed by atoms with Gasteiger partial charge in [-0.25, -0.2) is 8.42 Å². The van der Waals surface area contributed by atoms with Crippen molar-refractivity contribution < 1.29 is 13.3 Å². The van der Waals surface area contributed by atoms with Gasteiger partial charge in [-0.1, -0.05) is 11.6 Å². The molecular formula is C8H8ClN3O4S2. The highest BCUT2D eigenvalue weighted by atomic mass is 35.5. The summed E-state index contributed by atoms with van der Waals surface area (Å²) in [5.74, 6) is 0. The van der Waals surface area contributed by atoms with Crippen LogP contribution in [0.25, 0.3) is 0 Å². The number of nitro groups is 1. The molecule has 0 amide bonds. The van der Waals surface area contributed by atoms with E-state index in [0.29, 0.717) is 11.3 Å². The SMILES string of the molecule is CC(C)(C#N)NS(=O)(=O)c1cc([N+](=O)[O-])c(Cl)s1. The van der Waals surface area contributed by atoms with Crippen molar-refractivity contribution in [3.8, 4) is 6.07 Å². The molecule has 0 radical (unpaired) electrons. The maximum absolute atomic E-state index is 11.9. The molecule has 0 aliphatic carbocycles. The van der Waals surface area contributed by atoms with Gasteiger partial charge in [0, 0.05) is 6.07 Å². The number of thiophene rings is 1. The highest BCUT2D eigenvalue weighted by molar-refractivity contribution is 7.91. The Hall–Kier alpha value is -1.21. The van der Waals surface area contributed by atoms with Crippen molar-refractivity contribution in [2.45, 2.75) is 23.6 Å². The number of sulfonamides is 1. The van der Waals surface area contributed by atoms with Gasteiger partial charge in [-0.2, -0.15) is 9.98 Å². The summed E-state index contributed by atoms with van der Waals surface area (Å²) in [6.45, 7) is 2.74. The van der Waals surface area contributed by atoms with Crippen molar-refractivity contribution in [3.63, 3.8) is 0 Å². The van der Waals surface area contributed by atoms with Crippen LogP contribution in [0.15, 0.2) is 10.3 Å². The molecule has 1 N–H and O–H groups in total. The van der Waals surface area contributed by atoms with E-state index in [-0.39, 0.29) is 8.55 Å². The van der Waals surface area contributed by atoms with E-state index in [0.717, 1.165) is 6.07 Å². The summed E-state index contributed by atoms with van der Waals surface area (Å²) in [5.41, 5.74) is -1.79. The molecule has 0 aromatic carbocycles. The highest BCUT2D eigenvalue weighted by Crippen LogP contribution is 2.36. The zero-order valence-corrected chi connectivity index (χ0v) is 11.7. The van der Waals surface area contributed by atoms with Crippen molar-refractivity contribution in [1.82, 2.24) is 4.72 Å². The molecule has 0 spiro atoms. The van der Waals surface area contributed by atoms with Crippen LogP contribution >= 0.6 is 22.9 Å². The van der Waals surface area contributed by atoms with Crippen molar-refractivity contribution >= 4 is 38.6 Å². The van der Waals surface area contributed by atoms with Crippen molar-refractivity contribution in [3.05, 3.63) is 20.5 Å². The summed E-state index contributed by atoms with van der Waals surface area (Å²) in [6, 6.07) is 2.62. The van der Waals surface area contributed by atoms with Crippen molar-refractivity contribution in [2.24, 2.45) is 0 Å². The maximum Gasteiger partial charge on any atom is 0.300 e. The molecule has 7 nitrogen and oxygen atoms in total. The van der Waals surface area contributed by atoms with E-state index < -0.39 is 26.2 Å². The molecule has 1 aromatic rings. The van der Waals surface area contributed by atoms with E-state index in [1.807, 2.05) is 0 Å². The fourth-order valence-corrected chi connectivity index (χ4v) is 4.00. The Labute approximate surface area is 112 Å². The number of nitrogens with one attached hydrogen (secondary N) is 1. The number of nitrogens with zero attached hydrogens (tertiary/aromatic N) is 2. The second kappa shape index (κ2) is 4.81. The number of rotatable bonds is 4. The van der Waals surface area contributed by atoms with E-state index in [4.69, 9.17) is 16.9 Å². The third-order valence-corrected chi connectivity index (χ3v) is 5.24. The van der Waals surface area contributed by atoms with Gasteiger partial charge in [-0.05, 0) is 13.8 Å². The number of halogens is 1. The average molecular weight is 310 g/mol. The first kappa shape index (κ1) is 14.8. The first-order valence-electron chi connectivity index (χ1n) is 4.48. The molecule has 10 heteroatoms. The minimum atomic E-state index is -4.01. The second-order valence-corrected chi connectivity index (χ2v) is 7.39. The van der Waals surface area contributed by atoms with Crippen LogP contribution in [0.5, 0.6) is 0 Å². The van der Waals surface area contributed by atoms with Crippen molar-refractivity contribution in [1.29, 1.82) is 5.26 Å². The molecule has 0 atom stereocenters. The predicted octanol–water partition coefficient (Wildman–Crippen LogP) is 1.89. The summed E-state index contributed by atoms with van der Waals surface area (Å²) in [7, 11) is -4.01. The molecule has 0 fully saturated rings. The summed E-state index contributed by atoms with van der Waals surface area (Å²) in [5, 5.41) is 19.3. The zero-order valence-electron chi connectivity index (χ0n) is 9.30. The van der Waals surface area contributed by atoms with Crippen molar-refractivity contribution in [2.75, 3.05) is 0 Å². The van der Waals surface area contributed by atoms with E-state index in [2.05, 4.69) is 4.72 Å². The lowest BCUT2D eigenvalue weighted by Crippen LogP contribution is -2.41. The minimum absolute atomic E-state index is 0.227. The summed E-state index contributed by atoms with van der Waals surface area (Å²) < 4.78 is 25.3. The lowest BCUT2D eigenvalue weighted by Gasteiger charge is -2.16. The standard InChI is InChI=1S/C8H8ClN3O4S2/c1-8(2,4-10)11-18(15,16)6-3-5(12(13)14)7(9)17-6/h3,11H,1-2H3. The Bertz CT molecular complexity index is 629. The molecule has 1 heterocycles. The monoisotopic (exact) mass is 309 g/mol. The van der Waals surface area contributed by atoms with Crippen LogP contribution in [-0.2, 0) is 10.0 Å². The van der Waals surface area contributed by atoms with E-state index in [1.165, 1.54) is 13.8 Å². The smallest absolute Gasteiger partial charge is 0.258 e. The highest BCUT2D eigenvalue weighted by Gasteiger charge is 2.30. The number of hydrogen-bond donors (Lipinski definition) is 1. The average Bonchev–Trinajstić information content (AvgIpc) is 2.59. The molecule has 1 aromatic heterocycles. The molecule has 0 aliphatic heterocycles. The van der Waals surface area contributed by atoms with E-state index in [9.17, 15) is 18.5 Å². The molecule has 0 aliphatic rings. The largest absolute Gasteiger partial charge is 0.300 e. The van der Waals surface area contributed by atoms with Gasteiger partial charge in [0.05, 0.1) is 11.0 Å². The Morgan fingerprint density at radius 3 is 2.56 bits per heavy atom. The topological polar surface area (TPSA) is 113 Å². The first-order valence-corrected chi connectivity index (χ1v) is 7.16. The maximum atomic E-state index is 11.9. The quantitative estimate of drug-likeness (QED) is 0.674. The molecule has 0 unspecified atom stereocenters. The first-order chi connectivity index (χ1) is 8.09. The molecule has 0 saturated carbocycles. The summed E-state index contributed by atoms with van der Waals surface area (Å²) in [6.07, 6.45) is 0. The minimum Gasteiger partial charge on any atom is -0.258 e. The second-order valence-electron chi connectivity index (χ2n) is 3.82. The number of nitriles is 1. The van der Waals surface area contributed by atoms with Gasteiger partial charge in [0.2, 0.25) is 0 Å². The molecule has 1 rings (SSSR count). The predicted molar refractivity (Wildman–Crippen MR) is 66.0 cm³/mol. The van der Waals surface area contributed by atoms with Crippen LogP contribution in [0.3, 0.4) is 0 Å². The Morgan fingerprint density at radius 2 is 2.17 bits per heavy atom. The molecule has 0 bridgehead atoms. The Morgan fingerprint density at radius 1 is 1.61 bits per heavy atom. The lowest BCUT2D eigenvalue weighted by molar-refractivity contribution is -0.384. The van der Waals surface area contributed by atoms with E-state index >= 15 is 0 Å². The Balaban J connectivity index is 3.19. The fourth-order valence-electron chi connectivity index (χ4n) is 1.00. The summed E-state index contributed by atoms with van der Waals surface area (Å²) in [4.78, 5) is 9.79.